The maximum absolute atomic E-state index is 12.4. The Kier molecular flexibility index (Phi) is 10.4. The topological polar surface area (TPSA) is 81.7 Å². The molecule has 0 aromatic heterocycles. The third kappa shape index (κ3) is 7.42. The van der Waals surface area contributed by atoms with Crippen LogP contribution in [0.4, 0.5) is 0 Å². The summed E-state index contributed by atoms with van der Waals surface area (Å²) in [6.45, 7) is 6.17. The molecule has 0 aromatic carbocycles. The van der Waals surface area contributed by atoms with E-state index in [-0.39, 0.29) is 30.4 Å². The van der Waals surface area contributed by atoms with Crippen molar-refractivity contribution in [2.75, 3.05) is 13.7 Å². The van der Waals surface area contributed by atoms with Crippen LogP contribution in [0.1, 0.15) is 58.3 Å². The van der Waals surface area contributed by atoms with Gasteiger partial charge in [-0.15, -0.1) is 0 Å². The lowest BCUT2D eigenvalue weighted by Crippen LogP contribution is -2.36. The summed E-state index contributed by atoms with van der Waals surface area (Å²) in [6.07, 6.45) is 10.5. The predicted octanol–water partition coefficient (Wildman–Crippen LogP) is 3.07. The molecule has 0 saturated carbocycles. The summed E-state index contributed by atoms with van der Waals surface area (Å²) in [5, 5.41) is 2.74. The van der Waals surface area contributed by atoms with Crippen molar-refractivity contribution >= 4 is 17.8 Å². The molecule has 0 spiro atoms. The zero-order valence-electron chi connectivity index (χ0n) is 15.9. The fraction of sp³-hybridized carbons (Fsp3) is 0.650. The first-order valence-corrected chi connectivity index (χ1v) is 9.40. The van der Waals surface area contributed by atoms with Crippen LogP contribution < -0.4 is 5.32 Å². The van der Waals surface area contributed by atoms with Crippen LogP contribution in [-0.2, 0) is 23.9 Å². The highest BCUT2D eigenvalue weighted by atomic mass is 16.6. The van der Waals surface area contributed by atoms with Crippen molar-refractivity contribution in [3.05, 3.63) is 24.3 Å². The molecular weight excluding hydrogens is 334 g/mol. The number of hydrogen-bond donors (Lipinski definition) is 1. The molecule has 146 valence electrons. The number of hydrogen-bond acceptors (Lipinski definition) is 5. The minimum Gasteiger partial charge on any atom is -0.469 e. The van der Waals surface area contributed by atoms with Crippen LogP contribution in [-0.4, -0.2) is 37.6 Å². The molecule has 1 saturated heterocycles. The van der Waals surface area contributed by atoms with Crippen LogP contribution in [0.3, 0.4) is 0 Å². The molecule has 1 aliphatic rings. The van der Waals surface area contributed by atoms with Gasteiger partial charge < -0.3 is 14.8 Å². The Labute approximate surface area is 156 Å². The van der Waals surface area contributed by atoms with E-state index in [0.717, 1.165) is 19.3 Å². The fourth-order valence-corrected chi connectivity index (χ4v) is 2.93. The normalized spacial score (nSPS) is 19.6. The number of nitrogens with one attached hydrogen (secondary N) is 1. The SMILES string of the molecule is C=C1C(=O)O[C@@H](CCCCCCCC)[C@@H]1C(=O)NC/C=C/CC(=O)OC. The second-order valence-electron chi connectivity index (χ2n) is 6.50. The minimum absolute atomic E-state index is 0.158. The number of esters is 2. The van der Waals surface area contributed by atoms with Crippen LogP contribution in [0.2, 0.25) is 0 Å². The van der Waals surface area contributed by atoms with Gasteiger partial charge in [0, 0.05) is 12.1 Å². The first kappa shape index (κ1) is 21.9. The fourth-order valence-electron chi connectivity index (χ4n) is 2.93. The Balaban J connectivity index is 2.41. The van der Waals surface area contributed by atoms with E-state index in [2.05, 4.69) is 23.6 Å². The number of carbonyl (C=O) groups excluding carboxylic acids is 3. The van der Waals surface area contributed by atoms with E-state index < -0.39 is 18.0 Å². The van der Waals surface area contributed by atoms with Gasteiger partial charge >= 0.3 is 11.9 Å². The van der Waals surface area contributed by atoms with E-state index in [0.29, 0.717) is 6.42 Å². The maximum Gasteiger partial charge on any atom is 0.334 e. The molecule has 0 radical (unpaired) electrons. The molecule has 6 heteroatoms. The van der Waals surface area contributed by atoms with Crippen molar-refractivity contribution in [3.8, 4) is 0 Å². The van der Waals surface area contributed by atoms with Crippen LogP contribution in [0.15, 0.2) is 24.3 Å². The lowest BCUT2D eigenvalue weighted by atomic mass is 9.92. The van der Waals surface area contributed by atoms with Crippen LogP contribution in [0, 0.1) is 5.92 Å². The van der Waals surface area contributed by atoms with Crippen molar-refractivity contribution in [2.24, 2.45) is 5.92 Å². The van der Waals surface area contributed by atoms with Crippen molar-refractivity contribution in [1.82, 2.24) is 5.32 Å². The van der Waals surface area contributed by atoms with Gasteiger partial charge in [0.25, 0.3) is 0 Å². The number of unbranched alkanes of at least 4 members (excludes halogenated alkanes) is 5. The van der Waals surface area contributed by atoms with Gasteiger partial charge in [0.1, 0.15) is 12.0 Å². The molecule has 1 amide bonds. The lowest BCUT2D eigenvalue weighted by Gasteiger charge is -2.17. The number of carbonyl (C=O) groups is 3. The minimum atomic E-state index is -0.632. The van der Waals surface area contributed by atoms with Crippen molar-refractivity contribution < 1.29 is 23.9 Å². The molecule has 0 aliphatic carbocycles. The van der Waals surface area contributed by atoms with E-state index in [1.54, 1.807) is 12.2 Å². The Hall–Kier alpha value is -2.11. The summed E-state index contributed by atoms with van der Waals surface area (Å²) in [6, 6.07) is 0. The average molecular weight is 365 g/mol. The zero-order chi connectivity index (χ0) is 19.4. The molecule has 0 aromatic rings. The first-order chi connectivity index (χ1) is 12.5. The standard InChI is InChI=1S/C20H31NO5/c1-4-5-6-7-8-9-12-16-18(15(2)20(24)26-16)19(23)21-14-11-10-13-17(22)25-3/h10-11,16,18H,2,4-9,12-14H2,1,3H3,(H,21,23)/b11-10+/t16-,18+/m0/s1. The van der Waals surface area contributed by atoms with Crippen LogP contribution in [0.5, 0.6) is 0 Å². The van der Waals surface area contributed by atoms with E-state index in [4.69, 9.17) is 4.74 Å². The molecule has 1 heterocycles. The van der Waals surface area contributed by atoms with Gasteiger partial charge in [-0.25, -0.2) is 4.79 Å². The first-order valence-electron chi connectivity index (χ1n) is 9.40. The number of amides is 1. The molecule has 2 atom stereocenters. The molecule has 26 heavy (non-hydrogen) atoms. The van der Waals surface area contributed by atoms with Crippen LogP contribution >= 0.6 is 0 Å². The van der Waals surface area contributed by atoms with Crippen molar-refractivity contribution in [3.63, 3.8) is 0 Å². The highest BCUT2D eigenvalue weighted by Gasteiger charge is 2.42. The largest absolute Gasteiger partial charge is 0.469 e. The van der Waals surface area contributed by atoms with Gasteiger partial charge in [-0.2, -0.15) is 0 Å². The summed E-state index contributed by atoms with van der Waals surface area (Å²) >= 11 is 0. The van der Waals surface area contributed by atoms with Gasteiger partial charge in [0.05, 0.1) is 13.5 Å². The highest BCUT2D eigenvalue weighted by Crippen LogP contribution is 2.30. The quantitative estimate of drug-likeness (QED) is 0.249. The summed E-state index contributed by atoms with van der Waals surface area (Å²) in [4.78, 5) is 35.2. The summed E-state index contributed by atoms with van der Waals surface area (Å²) in [7, 11) is 1.32. The maximum atomic E-state index is 12.4. The summed E-state index contributed by atoms with van der Waals surface area (Å²) in [5.41, 5.74) is 0.219. The number of ether oxygens (including phenoxy) is 2. The van der Waals surface area contributed by atoms with Gasteiger partial charge in [-0.3, -0.25) is 9.59 Å². The molecule has 0 unspecified atom stereocenters. The van der Waals surface area contributed by atoms with E-state index in [1.165, 1.54) is 26.4 Å². The second-order valence-corrected chi connectivity index (χ2v) is 6.50. The van der Waals surface area contributed by atoms with E-state index >= 15 is 0 Å². The van der Waals surface area contributed by atoms with Crippen LogP contribution in [0.25, 0.3) is 0 Å². The predicted molar refractivity (Wildman–Crippen MR) is 99.3 cm³/mol. The summed E-state index contributed by atoms with van der Waals surface area (Å²) in [5.74, 6) is -1.72. The van der Waals surface area contributed by atoms with Crippen molar-refractivity contribution in [2.45, 2.75) is 64.4 Å². The highest BCUT2D eigenvalue weighted by molar-refractivity contribution is 5.99. The number of methoxy groups -OCH3 is 1. The Morgan fingerprint density at radius 3 is 2.58 bits per heavy atom. The second kappa shape index (κ2) is 12.3. The van der Waals surface area contributed by atoms with Crippen molar-refractivity contribution in [1.29, 1.82) is 0 Å². The lowest BCUT2D eigenvalue weighted by molar-refractivity contribution is -0.140. The van der Waals surface area contributed by atoms with Gasteiger partial charge in [-0.1, -0.05) is 57.8 Å². The smallest absolute Gasteiger partial charge is 0.334 e. The third-order valence-corrected chi connectivity index (χ3v) is 4.47. The summed E-state index contributed by atoms with van der Waals surface area (Å²) < 4.78 is 9.85. The number of rotatable bonds is 12. The number of cyclic esters (lactones) is 1. The molecule has 1 aliphatic heterocycles. The van der Waals surface area contributed by atoms with Gasteiger partial charge in [0.15, 0.2) is 0 Å². The molecule has 1 rings (SSSR count). The monoisotopic (exact) mass is 365 g/mol. The Morgan fingerprint density at radius 2 is 1.88 bits per heavy atom. The van der Waals surface area contributed by atoms with Gasteiger partial charge in [0.2, 0.25) is 5.91 Å². The van der Waals surface area contributed by atoms with E-state index in [1.807, 2.05) is 0 Å². The molecule has 1 N–H and O–H groups in total. The molecule has 6 nitrogen and oxygen atoms in total. The Morgan fingerprint density at radius 1 is 1.19 bits per heavy atom. The molecule has 0 bridgehead atoms. The molecular formula is C20H31NO5. The van der Waals surface area contributed by atoms with Gasteiger partial charge in [-0.05, 0) is 12.8 Å². The third-order valence-electron chi connectivity index (χ3n) is 4.47. The Bertz CT molecular complexity index is 526. The average Bonchev–Trinajstić information content (AvgIpc) is 2.91. The van der Waals surface area contributed by atoms with E-state index in [9.17, 15) is 14.4 Å². The zero-order valence-corrected chi connectivity index (χ0v) is 15.9. The molecule has 1 fully saturated rings.